The smallest absolute Gasteiger partial charge is 0.307 e. The Bertz CT molecular complexity index is 852. The number of hydrogen-bond acceptors (Lipinski definition) is 4. The fraction of sp³-hybridized carbons (Fsp3) is 0.133. The minimum absolute atomic E-state index is 0.0880. The van der Waals surface area contributed by atoms with Crippen molar-refractivity contribution in [3.63, 3.8) is 0 Å². The van der Waals surface area contributed by atoms with Gasteiger partial charge in [-0.25, -0.2) is 17.9 Å². The van der Waals surface area contributed by atoms with Gasteiger partial charge in [-0.2, -0.15) is 11.8 Å². The first-order valence-electron chi connectivity index (χ1n) is 6.73. The summed E-state index contributed by atoms with van der Waals surface area (Å²) in [6, 6.07) is 10.5. The van der Waals surface area contributed by atoms with E-state index >= 15 is 0 Å². The Labute approximate surface area is 143 Å². The van der Waals surface area contributed by atoms with E-state index in [0.29, 0.717) is 10.7 Å². The molecule has 0 saturated carbocycles. The van der Waals surface area contributed by atoms with Gasteiger partial charge in [-0.3, -0.25) is 0 Å². The Kier molecular flexibility index (Phi) is 4.52. The van der Waals surface area contributed by atoms with E-state index in [9.17, 15) is 13.2 Å². The number of rotatable bonds is 3. The summed E-state index contributed by atoms with van der Waals surface area (Å²) in [4.78, 5) is 12.0. The fourth-order valence-electron chi connectivity index (χ4n) is 2.19. The highest BCUT2D eigenvalue weighted by atomic mass is 35.5. The van der Waals surface area contributed by atoms with Crippen LogP contribution in [0.4, 0.5) is 10.5 Å². The van der Waals surface area contributed by atoms with Crippen molar-refractivity contribution in [1.29, 1.82) is 0 Å². The lowest BCUT2D eigenvalue weighted by atomic mass is 10.1. The van der Waals surface area contributed by atoms with Crippen LogP contribution in [0.2, 0.25) is 5.02 Å². The molecule has 0 bridgehead atoms. The third-order valence-electron chi connectivity index (χ3n) is 3.33. The van der Waals surface area contributed by atoms with Crippen molar-refractivity contribution in [2.75, 3.05) is 5.32 Å². The summed E-state index contributed by atoms with van der Waals surface area (Å²) < 4.78 is 26.6. The van der Waals surface area contributed by atoms with Crippen LogP contribution in [-0.4, -0.2) is 14.4 Å². The molecule has 2 aromatic carbocycles. The monoisotopic (exact) mass is 368 g/mol. The van der Waals surface area contributed by atoms with E-state index in [1.54, 1.807) is 48.2 Å². The van der Waals surface area contributed by atoms with Gasteiger partial charge in [-0.15, -0.1) is 0 Å². The summed E-state index contributed by atoms with van der Waals surface area (Å²) in [5.74, 6) is 1.68. The molecule has 0 aromatic heterocycles. The first kappa shape index (κ1) is 16.2. The van der Waals surface area contributed by atoms with E-state index in [1.165, 1.54) is 6.07 Å². The number of urea groups is 1. The number of thioether (sulfide) groups is 1. The Balaban J connectivity index is 1.73. The second-order valence-electron chi connectivity index (χ2n) is 4.99. The molecule has 0 unspecified atom stereocenters. The standard InChI is InChI=1S/C15H13ClN2O3S2/c16-12-2-4-13(5-3-12)17-15(19)18-23(20,21)14-6-1-10-8-22-9-11(10)7-14/h1-7H,8-9H2,(H2,17,18,19). The van der Waals surface area contributed by atoms with Gasteiger partial charge in [0.05, 0.1) is 4.90 Å². The summed E-state index contributed by atoms with van der Waals surface area (Å²) >= 11 is 7.49. The van der Waals surface area contributed by atoms with E-state index in [1.807, 2.05) is 4.72 Å². The molecule has 23 heavy (non-hydrogen) atoms. The lowest BCUT2D eigenvalue weighted by Crippen LogP contribution is -2.34. The topological polar surface area (TPSA) is 75.3 Å². The Morgan fingerprint density at radius 1 is 1.04 bits per heavy atom. The number of carbonyl (C=O) groups excluding carboxylic acids is 1. The molecular formula is C15H13ClN2O3S2. The van der Waals surface area contributed by atoms with Gasteiger partial charge in [0.2, 0.25) is 0 Å². The third kappa shape index (κ3) is 3.80. The molecule has 0 saturated heterocycles. The average molecular weight is 369 g/mol. The number of sulfonamides is 1. The quantitative estimate of drug-likeness (QED) is 0.868. The lowest BCUT2D eigenvalue weighted by molar-refractivity contribution is 0.256. The average Bonchev–Trinajstić information content (AvgIpc) is 2.96. The highest BCUT2D eigenvalue weighted by Gasteiger charge is 2.20. The van der Waals surface area contributed by atoms with Gasteiger partial charge in [-0.05, 0) is 47.5 Å². The SMILES string of the molecule is O=C(Nc1ccc(Cl)cc1)NS(=O)(=O)c1ccc2c(c1)CSC2. The molecule has 2 aromatic rings. The molecule has 2 amide bonds. The van der Waals surface area contributed by atoms with Gasteiger partial charge >= 0.3 is 6.03 Å². The van der Waals surface area contributed by atoms with Crippen LogP contribution in [0.5, 0.6) is 0 Å². The molecule has 1 aliphatic heterocycles. The molecule has 0 radical (unpaired) electrons. The molecule has 1 aliphatic rings. The van der Waals surface area contributed by atoms with Gasteiger partial charge in [0.15, 0.2) is 0 Å². The second-order valence-corrected chi connectivity index (χ2v) is 8.09. The summed E-state index contributed by atoms with van der Waals surface area (Å²) in [6.45, 7) is 0. The minimum atomic E-state index is -3.91. The highest BCUT2D eigenvalue weighted by Crippen LogP contribution is 2.31. The maximum absolute atomic E-state index is 12.3. The molecule has 1 heterocycles. The van der Waals surface area contributed by atoms with E-state index in [2.05, 4.69) is 5.32 Å². The van der Waals surface area contributed by atoms with Crippen LogP contribution >= 0.6 is 23.4 Å². The second kappa shape index (κ2) is 6.43. The zero-order chi connectivity index (χ0) is 16.4. The summed E-state index contributed by atoms with van der Waals surface area (Å²) in [5.41, 5.74) is 2.59. The number of fused-ring (bicyclic) bond motifs is 1. The zero-order valence-corrected chi connectivity index (χ0v) is 14.3. The summed E-state index contributed by atoms with van der Waals surface area (Å²) in [6.07, 6.45) is 0. The number of amides is 2. The van der Waals surface area contributed by atoms with E-state index in [0.717, 1.165) is 22.6 Å². The van der Waals surface area contributed by atoms with Crippen LogP contribution < -0.4 is 10.0 Å². The van der Waals surface area contributed by atoms with Crippen LogP contribution in [0.25, 0.3) is 0 Å². The fourth-order valence-corrected chi connectivity index (χ4v) is 4.36. The number of anilines is 1. The van der Waals surface area contributed by atoms with Crippen molar-refractivity contribution >= 4 is 45.1 Å². The van der Waals surface area contributed by atoms with Crippen molar-refractivity contribution in [1.82, 2.24) is 4.72 Å². The van der Waals surface area contributed by atoms with Gasteiger partial charge in [-0.1, -0.05) is 17.7 Å². The van der Waals surface area contributed by atoms with Crippen molar-refractivity contribution in [3.05, 3.63) is 58.6 Å². The van der Waals surface area contributed by atoms with Crippen molar-refractivity contribution in [2.45, 2.75) is 16.4 Å². The maximum Gasteiger partial charge on any atom is 0.333 e. The molecule has 5 nitrogen and oxygen atoms in total. The van der Waals surface area contributed by atoms with Gasteiger partial charge in [0.25, 0.3) is 10.0 Å². The first-order valence-corrected chi connectivity index (χ1v) is 9.74. The molecule has 0 aliphatic carbocycles. The normalized spacial score (nSPS) is 13.4. The Morgan fingerprint density at radius 3 is 2.48 bits per heavy atom. The Hall–Kier alpha value is -1.70. The van der Waals surface area contributed by atoms with Crippen LogP contribution in [-0.2, 0) is 21.5 Å². The van der Waals surface area contributed by atoms with E-state index in [4.69, 9.17) is 11.6 Å². The van der Waals surface area contributed by atoms with E-state index in [-0.39, 0.29) is 4.90 Å². The largest absolute Gasteiger partial charge is 0.333 e. The first-order chi connectivity index (χ1) is 10.9. The lowest BCUT2D eigenvalue weighted by Gasteiger charge is -2.10. The number of benzene rings is 2. The molecule has 120 valence electrons. The summed E-state index contributed by atoms with van der Waals surface area (Å²) in [7, 11) is -3.91. The number of hydrogen-bond donors (Lipinski definition) is 2. The van der Waals surface area contributed by atoms with E-state index < -0.39 is 16.1 Å². The molecule has 0 spiro atoms. The molecule has 2 N–H and O–H groups in total. The number of carbonyl (C=O) groups is 1. The zero-order valence-electron chi connectivity index (χ0n) is 11.9. The molecule has 8 heteroatoms. The summed E-state index contributed by atoms with van der Waals surface area (Å²) in [5, 5.41) is 2.98. The molecule has 0 fully saturated rings. The van der Waals surface area contributed by atoms with Crippen molar-refractivity contribution in [2.24, 2.45) is 0 Å². The van der Waals surface area contributed by atoms with Crippen LogP contribution in [0.1, 0.15) is 11.1 Å². The number of halogens is 1. The van der Waals surface area contributed by atoms with Crippen LogP contribution in [0.3, 0.4) is 0 Å². The van der Waals surface area contributed by atoms with Gasteiger partial charge in [0, 0.05) is 22.2 Å². The highest BCUT2D eigenvalue weighted by molar-refractivity contribution is 7.98. The minimum Gasteiger partial charge on any atom is -0.307 e. The molecular weight excluding hydrogens is 356 g/mol. The van der Waals surface area contributed by atoms with Crippen molar-refractivity contribution in [3.8, 4) is 0 Å². The van der Waals surface area contributed by atoms with Crippen molar-refractivity contribution < 1.29 is 13.2 Å². The third-order valence-corrected chi connectivity index (χ3v) is 5.94. The predicted molar refractivity (Wildman–Crippen MR) is 92.2 cm³/mol. The van der Waals surface area contributed by atoms with Crippen LogP contribution in [0, 0.1) is 0 Å². The van der Waals surface area contributed by atoms with Crippen LogP contribution in [0.15, 0.2) is 47.4 Å². The maximum atomic E-state index is 12.3. The van der Waals surface area contributed by atoms with Gasteiger partial charge < -0.3 is 5.32 Å². The van der Waals surface area contributed by atoms with Gasteiger partial charge in [0.1, 0.15) is 0 Å². The molecule has 0 atom stereocenters. The number of nitrogens with one attached hydrogen (secondary N) is 2. The molecule has 3 rings (SSSR count). The Morgan fingerprint density at radius 2 is 1.74 bits per heavy atom. The predicted octanol–water partition coefficient (Wildman–Crippen LogP) is 3.60.